The predicted octanol–water partition coefficient (Wildman–Crippen LogP) is 4.98. The summed E-state index contributed by atoms with van der Waals surface area (Å²) in [4.78, 5) is 33.8. The molecule has 0 bridgehead atoms. The molecule has 0 aliphatic heterocycles. The summed E-state index contributed by atoms with van der Waals surface area (Å²) in [6.07, 6.45) is 8.52. The van der Waals surface area contributed by atoms with E-state index in [0.717, 1.165) is 53.3 Å². The lowest BCUT2D eigenvalue weighted by atomic mass is 9.77. The van der Waals surface area contributed by atoms with Gasteiger partial charge in [0.1, 0.15) is 0 Å². The van der Waals surface area contributed by atoms with E-state index >= 15 is 0 Å². The van der Waals surface area contributed by atoms with E-state index in [-0.39, 0.29) is 16.8 Å². The molecule has 0 spiro atoms. The van der Waals surface area contributed by atoms with Gasteiger partial charge in [-0.3, -0.25) is 14.6 Å². The van der Waals surface area contributed by atoms with Crippen LogP contribution in [0.25, 0.3) is 10.1 Å². The summed E-state index contributed by atoms with van der Waals surface area (Å²) >= 11 is 1.70. The molecule has 1 saturated carbocycles. The summed E-state index contributed by atoms with van der Waals surface area (Å²) in [7, 11) is 0. The first-order valence-electron chi connectivity index (χ1n) is 10.7. The van der Waals surface area contributed by atoms with E-state index in [9.17, 15) is 9.59 Å². The second kappa shape index (κ2) is 7.31. The van der Waals surface area contributed by atoms with Gasteiger partial charge in [0.15, 0.2) is 5.43 Å². The van der Waals surface area contributed by atoms with Gasteiger partial charge < -0.3 is 4.90 Å². The van der Waals surface area contributed by atoms with Crippen LogP contribution in [0.3, 0.4) is 0 Å². The van der Waals surface area contributed by atoms with E-state index in [1.54, 1.807) is 17.5 Å². The normalized spacial score (nSPS) is 17.5. The minimum absolute atomic E-state index is 0.0425. The zero-order valence-electron chi connectivity index (χ0n) is 17.5. The summed E-state index contributed by atoms with van der Waals surface area (Å²) in [5.41, 5.74) is 3.08. The number of pyridine rings is 1. The van der Waals surface area contributed by atoms with Crippen molar-refractivity contribution in [1.82, 2.24) is 9.88 Å². The molecule has 0 saturated heterocycles. The Balaban J connectivity index is 1.51. The molecule has 1 fully saturated rings. The molecule has 5 rings (SSSR count). The average molecular weight is 419 g/mol. The molecular weight excluding hydrogens is 392 g/mol. The highest BCUT2D eigenvalue weighted by Gasteiger charge is 2.33. The zero-order chi connectivity index (χ0) is 20.9. The Bertz CT molecular complexity index is 1180. The number of hydrogen-bond donors (Lipinski definition) is 0. The molecule has 0 N–H and O–H groups in total. The molecule has 4 nitrogen and oxygen atoms in total. The fourth-order valence-electron chi connectivity index (χ4n) is 4.40. The van der Waals surface area contributed by atoms with Gasteiger partial charge in [0.2, 0.25) is 0 Å². The second-order valence-corrected chi connectivity index (χ2v) is 10.5. The number of carbonyl (C=O) groups is 1. The molecule has 2 aromatic heterocycles. The third-order valence-corrected chi connectivity index (χ3v) is 7.53. The van der Waals surface area contributed by atoms with Gasteiger partial charge in [-0.05, 0) is 67.3 Å². The molecule has 0 radical (unpaired) electrons. The van der Waals surface area contributed by atoms with Crippen LogP contribution in [-0.4, -0.2) is 21.8 Å². The van der Waals surface area contributed by atoms with E-state index in [0.29, 0.717) is 18.2 Å². The molecule has 1 amide bonds. The van der Waals surface area contributed by atoms with Crippen LogP contribution >= 0.6 is 11.3 Å². The Morgan fingerprint density at radius 1 is 1.27 bits per heavy atom. The van der Waals surface area contributed by atoms with Gasteiger partial charge in [-0.2, -0.15) is 0 Å². The van der Waals surface area contributed by atoms with Crippen LogP contribution in [-0.2, 0) is 19.4 Å². The molecule has 1 aromatic carbocycles. The van der Waals surface area contributed by atoms with Crippen LogP contribution in [0.1, 0.15) is 59.5 Å². The molecule has 0 unspecified atom stereocenters. The number of nitrogens with zero attached hydrogens (tertiary/aromatic N) is 2. The Kier molecular flexibility index (Phi) is 4.73. The lowest BCUT2D eigenvalue weighted by Gasteiger charge is -2.30. The largest absolute Gasteiger partial charge is 0.331 e. The van der Waals surface area contributed by atoms with Gasteiger partial charge in [-0.15, -0.1) is 11.3 Å². The SMILES string of the molecule is CC1(C)CCc2c(sc3cc(C(=O)N(Cc4cccnc4)C4CC4)ccc3c2=O)C1. The van der Waals surface area contributed by atoms with Gasteiger partial charge in [-0.1, -0.05) is 19.9 Å². The van der Waals surface area contributed by atoms with Crippen molar-refractivity contribution in [1.29, 1.82) is 0 Å². The van der Waals surface area contributed by atoms with Gasteiger partial charge in [0, 0.05) is 51.1 Å². The minimum atomic E-state index is 0.0425. The molecular formula is C25H26N2O2S. The van der Waals surface area contributed by atoms with Crippen molar-refractivity contribution in [2.24, 2.45) is 5.41 Å². The maximum Gasteiger partial charge on any atom is 0.254 e. The van der Waals surface area contributed by atoms with Crippen molar-refractivity contribution in [3.05, 3.63) is 74.5 Å². The van der Waals surface area contributed by atoms with Crippen LogP contribution < -0.4 is 5.43 Å². The van der Waals surface area contributed by atoms with Crippen LogP contribution in [0.4, 0.5) is 0 Å². The Morgan fingerprint density at radius 3 is 2.83 bits per heavy atom. The van der Waals surface area contributed by atoms with Crippen molar-refractivity contribution in [2.75, 3.05) is 0 Å². The van der Waals surface area contributed by atoms with E-state index in [2.05, 4.69) is 18.8 Å². The first-order chi connectivity index (χ1) is 14.4. The topological polar surface area (TPSA) is 50.3 Å². The number of benzene rings is 1. The molecule has 154 valence electrons. The monoisotopic (exact) mass is 418 g/mol. The molecule has 3 aromatic rings. The van der Waals surface area contributed by atoms with E-state index in [1.165, 1.54) is 4.88 Å². The molecule has 2 heterocycles. The van der Waals surface area contributed by atoms with Crippen molar-refractivity contribution < 1.29 is 4.79 Å². The van der Waals surface area contributed by atoms with Crippen molar-refractivity contribution in [3.8, 4) is 0 Å². The standard InChI is InChI=1S/C25H26N2O2S/c1-25(2)10-9-20-22(13-25)30-21-12-17(5-8-19(21)23(20)28)24(29)27(18-6-7-18)15-16-4-3-11-26-14-16/h3-5,8,11-12,14,18H,6-7,9-10,13,15H2,1-2H3. The summed E-state index contributed by atoms with van der Waals surface area (Å²) in [5.74, 6) is 0.0425. The Hall–Kier alpha value is -2.53. The number of rotatable bonds is 4. The first kappa shape index (κ1) is 19.4. The van der Waals surface area contributed by atoms with Gasteiger partial charge in [0.05, 0.1) is 0 Å². The summed E-state index contributed by atoms with van der Waals surface area (Å²) < 4.78 is 0.930. The number of aromatic nitrogens is 1. The summed E-state index contributed by atoms with van der Waals surface area (Å²) in [5, 5.41) is 0.750. The smallest absolute Gasteiger partial charge is 0.254 e. The first-order valence-corrected chi connectivity index (χ1v) is 11.5. The van der Waals surface area contributed by atoms with E-state index in [4.69, 9.17) is 0 Å². The number of amides is 1. The maximum absolute atomic E-state index is 13.4. The lowest BCUT2D eigenvalue weighted by Crippen LogP contribution is -2.32. The maximum atomic E-state index is 13.4. The third-order valence-electron chi connectivity index (χ3n) is 6.33. The van der Waals surface area contributed by atoms with Crippen molar-refractivity contribution in [3.63, 3.8) is 0 Å². The van der Waals surface area contributed by atoms with Crippen LogP contribution in [0, 0.1) is 5.41 Å². The van der Waals surface area contributed by atoms with Gasteiger partial charge in [0.25, 0.3) is 5.91 Å². The molecule has 5 heteroatoms. The van der Waals surface area contributed by atoms with Crippen molar-refractivity contribution in [2.45, 2.75) is 58.5 Å². The molecule has 30 heavy (non-hydrogen) atoms. The minimum Gasteiger partial charge on any atom is -0.331 e. The van der Waals surface area contributed by atoms with Crippen molar-refractivity contribution >= 4 is 27.3 Å². The van der Waals surface area contributed by atoms with Crippen LogP contribution in [0.2, 0.25) is 0 Å². The molecule has 2 aliphatic carbocycles. The highest BCUT2D eigenvalue weighted by Crippen LogP contribution is 2.37. The molecule has 0 atom stereocenters. The second-order valence-electron chi connectivity index (χ2n) is 9.41. The molecule has 2 aliphatic rings. The lowest BCUT2D eigenvalue weighted by molar-refractivity contribution is 0.0730. The van der Waals surface area contributed by atoms with E-state index < -0.39 is 0 Å². The average Bonchev–Trinajstić information content (AvgIpc) is 3.56. The van der Waals surface area contributed by atoms with Crippen LogP contribution in [0.5, 0.6) is 0 Å². The summed E-state index contributed by atoms with van der Waals surface area (Å²) in [6.45, 7) is 5.11. The Morgan fingerprint density at radius 2 is 2.10 bits per heavy atom. The predicted molar refractivity (Wildman–Crippen MR) is 121 cm³/mol. The fourth-order valence-corrected chi connectivity index (χ4v) is 5.90. The highest BCUT2D eigenvalue weighted by atomic mass is 32.1. The van der Waals surface area contributed by atoms with Gasteiger partial charge >= 0.3 is 0 Å². The van der Waals surface area contributed by atoms with Gasteiger partial charge in [-0.25, -0.2) is 0 Å². The van der Waals surface area contributed by atoms with Crippen LogP contribution in [0.15, 0.2) is 47.5 Å². The Labute approximate surface area is 180 Å². The third kappa shape index (κ3) is 3.67. The fraction of sp³-hybridized carbons (Fsp3) is 0.400. The number of fused-ring (bicyclic) bond motifs is 2. The quantitative estimate of drug-likeness (QED) is 0.601. The number of carbonyl (C=O) groups excluding carboxylic acids is 1. The van der Waals surface area contributed by atoms with E-state index in [1.807, 2.05) is 41.4 Å². The summed E-state index contributed by atoms with van der Waals surface area (Å²) in [6, 6.07) is 9.84. The highest BCUT2D eigenvalue weighted by molar-refractivity contribution is 7.18. The zero-order valence-corrected chi connectivity index (χ0v) is 18.3. The number of hydrogen-bond acceptors (Lipinski definition) is 4.